The molecule has 0 unspecified atom stereocenters. The van der Waals surface area contributed by atoms with Crippen LogP contribution in [-0.2, 0) is 4.79 Å². The van der Waals surface area contributed by atoms with Crippen molar-refractivity contribution in [2.75, 3.05) is 5.32 Å². The minimum Gasteiger partial charge on any atom is -0.437 e. The summed E-state index contributed by atoms with van der Waals surface area (Å²) in [4.78, 5) is 19.8. The Kier molecular flexibility index (Phi) is 3.00. The van der Waals surface area contributed by atoms with Gasteiger partial charge in [-0.05, 0) is 19.1 Å². The van der Waals surface area contributed by atoms with Gasteiger partial charge in [0, 0.05) is 12.2 Å². The lowest BCUT2D eigenvalue weighted by molar-refractivity contribution is -0.111. The highest BCUT2D eigenvalue weighted by molar-refractivity contribution is 6.00. The topological polar surface area (TPSA) is 96.7 Å². The molecular weight excluding hydrogens is 258 g/mol. The zero-order valence-electron chi connectivity index (χ0n) is 10.6. The number of carbonyl (C=O) groups excluding carboxylic acids is 1. The van der Waals surface area contributed by atoms with Crippen molar-refractivity contribution in [3.8, 4) is 0 Å². The van der Waals surface area contributed by atoms with Crippen LogP contribution in [0.2, 0.25) is 0 Å². The Bertz CT molecular complexity index is 754. The maximum Gasteiger partial charge on any atom is 0.250 e. The molecule has 0 aliphatic heterocycles. The van der Waals surface area contributed by atoms with E-state index in [0.717, 1.165) is 5.52 Å². The molecule has 0 radical (unpaired) electrons. The molecule has 0 aliphatic carbocycles. The third-order valence-electron chi connectivity index (χ3n) is 2.52. The molecule has 100 valence electrons. The summed E-state index contributed by atoms with van der Waals surface area (Å²) in [6, 6.07) is 7.39. The first-order chi connectivity index (χ1) is 9.70. The fraction of sp³-hybridized carbons (Fsp3) is 0.0769. The van der Waals surface area contributed by atoms with Crippen LogP contribution in [0.3, 0.4) is 0 Å². The van der Waals surface area contributed by atoms with Gasteiger partial charge in [-0.1, -0.05) is 12.1 Å². The van der Waals surface area contributed by atoms with Gasteiger partial charge in [-0.15, -0.1) is 5.10 Å². The molecule has 7 nitrogen and oxygen atoms in total. The number of rotatable bonds is 3. The van der Waals surface area contributed by atoms with Crippen molar-refractivity contribution in [3.63, 3.8) is 0 Å². The highest BCUT2D eigenvalue weighted by Gasteiger charge is 2.04. The van der Waals surface area contributed by atoms with Crippen LogP contribution >= 0.6 is 0 Å². The Labute approximate surface area is 113 Å². The molecule has 3 aromatic rings. The van der Waals surface area contributed by atoms with Crippen LogP contribution in [0, 0.1) is 6.92 Å². The van der Waals surface area contributed by atoms with E-state index in [1.165, 1.54) is 12.2 Å². The van der Waals surface area contributed by atoms with Crippen LogP contribution in [0.25, 0.3) is 17.2 Å². The van der Waals surface area contributed by atoms with Crippen molar-refractivity contribution in [1.82, 2.24) is 20.2 Å². The summed E-state index contributed by atoms with van der Waals surface area (Å²) in [6.45, 7) is 1.75. The number of anilines is 1. The highest BCUT2D eigenvalue weighted by Crippen LogP contribution is 2.15. The van der Waals surface area contributed by atoms with Crippen LogP contribution in [0.5, 0.6) is 0 Å². The molecule has 0 atom stereocenters. The molecule has 20 heavy (non-hydrogen) atoms. The average Bonchev–Trinajstić information content (AvgIpc) is 3.02. The zero-order chi connectivity index (χ0) is 13.9. The second-order valence-corrected chi connectivity index (χ2v) is 4.09. The molecule has 0 aliphatic rings. The van der Waals surface area contributed by atoms with Gasteiger partial charge in [-0.25, -0.2) is 4.98 Å². The number of carbonyl (C=O) groups is 1. The maximum atomic E-state index is 11.6. The summed E-state index contributed by atoms with van der Waals surface area (Å²) in [5, 5.41) is 8.96. The number of para-hydroxylation sites is 2. The number of amides is 1. The summed E-state index contributed by atoms with van der Waals surface area (Å²) in [7, 11) is 0. The molecule has 2 heterocycles. The van der Waals surface area contributed by atoms with E-state index in [-0.39, 0.29) is 11.9 Å². The Hall–Kier alpha value is -2.96. The van der Waals surface area contributed by atoms with Crippen molar-refractivity contribution >= 4 is 29.0 Å². The number of nitrogens with zero attached hydrogens (tertiary/aromatic N) is 3. The number of benzene rings is 1. The summed E-state index contributed by atoms with van der Waals surface area (Å²) < 4.78 is 5.46. The van der Waals surface area contributed by atoms with Gasteiger partial charge in [0.25, 0.3) is 5.91 Å². The number of fused-ring (bicyclic) bond motifs is 1. The van der Waals surface area contributed by atoms with Gasteiger partial charge in [0.05, 0.1) is 0 Å². The van der Waals surface area contributed by atoms with Gasteiger partial charge >= 0.3 is 0 Å². The van der Waals surface area contributed by atoms with E-state index in [2.05, 4.69) is 25.5 Å². The van der Waals surface area contributed by atoms with Gasteiger partial charge in [0.1, 0.15) is 11.3 Å². The van der Waals surface area contributed by atoms with Crippen LogP contribution in [0.15, 0.2) is 34.8 Å². The summed E-state index contributed by atoms with van der Waals surface area (Å²) in [5.74, 6) is 0.872. The smallest absolute Gasteiger partial charge is 0.250 e. The average molecular weight is 269 g/mol. The minimum atomic E-state index is -0.355. The second kappa shape index (κ2) is 4.96. The van der Waals surface area contributed by atoms with E-state index in [0.29, 0.717) is 17.3 Å². The third kappa shape index (κ3) is 2.56. The molecular formula is C13H11N5O2. The third-order valence-corrected chi connectivity index (χ3v) is 2.52. The number of aromatic nitrogens is 4. The van der Waals surface area contributed by atoms with E-state index < -0.39 is 0 Å². The number of oxazole rings is 1. The SMILES string of the molecule is Cc1nc(NC(=O)/C=C/c2nc3ccccc3o2)n[nH]1. The molecule has 1 aromatic carbocycles. The van der Waals surface area contributed by atoms with Gasteiger partial charge < -0.3 is 4.42 Å². The van der Waals surface area contributed by atoms with Crippen molar-refractivity contribution in [3.05, 3.63) is 42.1 Å². The molecule has 0 saturated carbocycles. The van der Waals surface area contributed by atoms with Crippen LogP contribution in [-0.4, -0.2) is 26.1 Å². The van der Waals surface area contributed by atoms with E-state index in [9.17, 15) is 4.79 Å². The van der Waals surface area contributed by atoms with Crippen molar-refractivity contribution < 1.29 is 9.21 Å². The van der Waals surface area contributed by atoms with Crippen molar-refractivity contribution in [2.24, 2.45) is 0 Å². The highest BCUT2D eigenvalue weighted by atomic mass is 16.3. The van der Waals surface area contributed by atoms with Crippen molar-refractivity contribution in [1.29, 1.82) is 0 Å². The Morgan fingerprint density at radius 2 is 2.20 bits per heavy atom. The van der Waals surface area contributed by atoms with Gasteiger partial charge in [-0.2, -0.15) is 4.98 Å². The number of aryl methyl sites for hydroxylation is 1. The maximum absolute atomic E-state index is 11.6. The van der Waals surface area contributed by atoms with Gasteiger partial charge in [-0.3, -0.25) is 15.2 Å². The number of aromatic amines is 1. The summed E-state index contributed by atoms with van der Waals surface area (Å²) in [6.07, 6.45) is 2.81. The number of hydrogen-bond acceptors (Lipinski definition) is 5. The van der Waals surface area contributed by atoms with Crippen LogP contribution < -0.4 is 5.32 Å². The first kappa shape index (κ1) is 12.1. The Balaban J connectivity index is 1.71. The fourth-order valence-electron chi connectivity index (χ4n) is 1.66. The lowest BCUT2D eigenvalue weighted by Crippen LogP contribution is -2.09. The van der Waals surface area contributed by atoms with E-state index in [1.807, 2.05) is 24.3 Å². The summed E-state index contributed by atoms with van der Waals surface area (Å²) >= 11 is 0. The molecule has 7 heteroatoms. The molecule has 0 bridgehead atoms. The van der Waals surface area contributed by atoms with Crippen LogP contribution in [0.4, 0.5) is 5.95 Å². The molecule has 0 fully saturated rings. The largest absolute Gasteiger partial charge is 0.437 e. The summed E-state index contributed by atoms with van der Waals surface area (Å²) in [5.41, 5.74) is 1.43. The lowest BCUT2D eigenvalue weighted by atomic mass is 10.3. The zero-order valence-corrected chi connectivity index (χ0v) is 10.6. The standard InChI is InChI=1S/C13H11N5O2/c1-8-14-13(18-17-8)16-11(19)6-7-12-15-9-4-2-3-5-10(9)20-12/h2-7H,1H3,(H2,14,16,17,18,19)/b7-6+. The number of hydrogen-bond donors (Lipinski definition) is 2. The van der Waals surface area contributed by atoms with Crippen LogP contribution in [0.1, 0.15) is 11.7 Å². The first-order valence-corrected chi connectivity index (χ1v) is 5.94. The molecule has 1 amide bonds. The predicted octanol–water partition coefficient (Wildman–Crippen LogP) is 1.91. The molecule has 3 rings (SSSR count). The predicted molar refractivity (Wildman–Crippen MR) is 72.8 cm³/mol. The Morgan fingerprint density at radius 1 is 1.35 bits per heavy atom. The molecule has 0 spiro atoms. The minimum absolute atomic E-state index is 0.231. The van der Waals surface area contributed by atoms with Gasteiger partial charge in [0.15, 0.2) is 5.58 Å². The quantitative estimate of drug-likeness (QED) is 0.708. The van der Waals surface area contributed by atoms with Crippen molar-refractivity contribution in [2.45, 2.75) is 6.92 Å². The van der Waals surface area contributed by atoms with Gasteiger partial charge in [0.2, 0.25) is 11.8 Å². The lowest BCUT2D eigenvalue weighted by Gasteiger charge is -1.92. The first-order valence-electron chi connectivity index (χ1n) is 5.94. The molecule has 2 N–H and O–H groups in total. The molecule has 0 saturated heterocycles. The van der Waals surface area contributed by atoms with E-state index in [4.69, 9.17) is 4.42 Å². The van der Waals surface area contributed by atoms with E-state index >= 15 is 0 Å². The number of H-pyrrole nitrogens is 1. The normalized spacial score (nSPS) is 11.2. The Morgan fingerprint density at radius 3 is 2.95 bits per heavy atom. The monoisotopic (exact) mass is 269 g/mol. The van der Waals surface area contributed by atoms with E-state index in [1.54, 1.807) is 6.92 Å². The fourth-order valence-corrected chi connectivity index (χ4v) is 1.66. The molecule has 2 aromatic heterocycles. The second-order valence-electron chi connectivity index (χ2n) is 4.09. The number of nitrogens with one attached hydrogen (secondary N) is 2.